The number of nitrogens with one attached hydrogen (secondary N) is 1. The number of hydrogen-bond donors (Lipinski definition) is 1. The Morgan fingerprint density at radius 3 is 1.38 bits per heavy atom. The third kappa shape index (κ3) is 4.39. The van der Waals surface area contributed by atoms with Gasteiger partial charge in [-0.2, -0.15) is 48.3 Å². The summed E-state index contributed by atoms with van der Waals surface area (Å²) in [7, 11) is 0. The molecule has 1 N–H and O–H groups in total. The molecule has 0 aromatic carbocycles. The quantitative estimate of drug-likeness (QED) is 0.745. The van der Waals surface area contributed by atoms with Crippen LogP contribution in [0.4, 0.5) is 48.3 Å². The van der Waals surface area contributed by atoms with E-state index in [4.69, 9.17) is 0 Å². The standard InChI is InChI=1S/C10H10F11NO2/c1-5(2,3)22-4(23)6(11,8(14,15)16)24-10(20,21)7(12,13)9(17,18)19/h1-3H3,(H,22,23)/t6-/m0/s1. The zero-order valence-corrected chi connectivity index (χ0v) is 12.0. The van der Waals surface area contributed by atoms with Crippen molar-refractivity contribution in [1.82, 2.24) is 5.32 Å². The van der Waals surface area contributed by atoms with Gasteiger partial charge in [0.15, 0.2) is 0 Å². The summed E-state index contributed by atoms with van der Waals surface area (Å²) < 4.78 is 140. The molecule has 14 heteroatoms. The molecule has 0 aromatic heterocycles. The van der Waals surface area contributed by atoms with Crippen molar-refractivity contribution in [2.45, 2.75) is 56.5 Å². The van der Waals surface area contributed by atoms with Crippen LogP contribution in [0.2, 0.25) is 0 Å². The lowest BCUT2D eigenvalue weighted by molar-refractivity contribution is -0.473. The zero-order valence-electron chi connectivity index (χ0n) is 12.0. The molecule has 0 saturated carbocycles. The van der Waals surface area contributed by atoms with E-state index in [1.165, 1.54) is 0 Å². The molecule has 0 fully saturated rings. The van der Waals surface area contributed by atoms with Crippen LogP contribution in [0.15, 0.2) is 0 Å². The number of rotatable bonds is 4. The Labute approximate surface area is 127 Å². The molecule has 0 aliphatic heterocycles. The van der Waals surface area contributed by atoms with Gasteiger partial charge in [-0.1, -0.05) is 0 Å². The molecule has 0 heterocycles. The van der Waals surface area contributed by atoms with Gasteiger partial charge in [-0.3, -0.25) is 9.53 Å². The molecule has 0 aliphatic rings. The second kappa shape index (κ2) is 5.88. The van der Waals surface area contributed by atoms with Crippen LogP contribution in [-0.2, 0) is 9.53 Å². The summed E-state index contributed by atoms with van der Waals surface area (Å²) in [5, 5.41) is 1.16. The minimum absolute atomic E-state index is 0.949. The van der Waals surface area contributed by atoms with Crippen molar-refractivity contribution in [2.75, 3.05) is 0 Å². The summed E-state index contributed by atoms with van der Waals surface area (Å²) in [6.07, 6.45) is -20.8. The number of carbonyl (C=O) groups excluding carboxylic acids is 1. The Kier molecular flexibility index (Phi) is 5.55. The van der Waals surface area contributed by atoms with Gasteiger partial charge >= 0.3 is 30.2 Å². The van der Waals surface area contributed by atoms with Gasteiger partial charge in [-0.25, -0.2) is 0 Å². The van der Waals surface area contributed by atoms with Gasteiger partial charge in [0.2, 0.25) is 0 Å². The van der Waals surface area contributed by atoms with E-state index in [0.29, 0.717) is 0 Å². The van der Waals surface area contributed by atoms with Crippen molar-refractivity contribution in [3.8, 4) is 0 Å². The fourth-order valence-corrected chi connectivity index (χ4v) is 1.06. The van der Waals surface area contributed by atoms with E-state index in [0.717, 1.165) is 26.1 Å². The Bertz CT molecular complexity index is 477. The van der Waals surface area contributed by atoms with Gasteiger partial charge in [0.05, 0.1) is 0 Å². The van der Waals surface area contributed by atoms with E-state index >= 15 is 0 Å². The van der Waals surface area contributed by atoms with Crippen molar-refractivity contribution in [3.05, 3.63) is 0 Å². The highest BCUT2D eigenvalue weighted by atomic mass is 19.4. The number of halogens is 11. The van der Waals surface area contributed by atoms with Crippen LogP contribution in [0, 0.1) is 0 Å². The lowest BCUT2D eigenvalue weighted by atomic mass is 10.1. The first-order valence-electron chi connectivity index (χ1n) is 5.69. The summed E-state index contributed by atoms with van der Waals surface area (Å²) in [4.78, 5) is 11.2. The van der Waals surface area contributed by atoms with Crippen LogP contribution >= 0.6 is 0 Å². The molecule has 0 spiro atoms. The second-order valence-electron chi connectivity index (χ2n) is 5.49. The highest BCUT2D eigenvalue weighted by molar-refractivity contribution is 5.85. The van der Waals surface area contributed by atoms with Gasteiger partial charge in [-0.05, 0) is 20.8 Å². The van der Waals surface area contributed by atoms with Crippen LogP contribution in [0.1, 0.15) is 20.8 Å². The van der Waals surface area contributed by atoms with E-state index in [1.807, 2.05) is 0 Å². The third-order valence-electron chi connectivity index (χ3n) is 2.14. The SMILES string of the molecule is CC(C)(C)NC(=O)[C@](F)(OC(F)(F)C(F)(F)C(F)(F)F)C(F)(F)F. The average molecular weight is 385 g/mol. The zero-order chi connectivity index (χ0) is 20.0. The van der Waals surface area contributed by atoms with Crippen LogP contribution in [0.5, 0.6) is 0 Å². The topological polar surface area (TPSA) is 38.3 Å². The molecule has 3 nitrogen and oxygen atoms in total. The van der Waals surface area contributed by atoms with Gasteiger partial charge in [0.25, 0.3) is 5.91 Å². The summed E-state index contributed by atoms with van der Waals surface area (Å²) in [6, 6.07) is 0. The van der Waals surface area contributed by atoms with Crippen molar-refractivity contribution < 1.29 is 57.8 Å². The van der Waals surface area contributed by atoms with E-state index in [-0.39, 0.29) is 0 Å². The molecule has 144 valence electrons. The molecule has 0 saturated heterocycles. The highest BCUT2D eigenvalue weighted by Crippen LogP contribution is 2.51. The molecule has 24 heavy (non-hydrogen) atoms. The largest absolute Gasteiger partial charge is 0.462 e. The maximum absolute atomic E-state index is 13.7. The summed E-state index contributed by atoms with van der Waals surface area (Å²) in [5.74, 6) is -16.4. The van der Waals surface area contributed by atoms with Crippen LogP contribution in [0.25, 0.3) is 0 Å². The second-order valence-corrected chi connectivity index (χ2v) is 5.49. The highest BCUT2D eigenvalue weighted by Gasteiger charge is 2.79. The molecule has 1 amide bonds. The number of ether oxygens (including phenoxy) is 1. The average Bonchev–Trinajstić information content (AvgIpc) is 2.22. The maximum atomic E-state index is 13.7. The minimum Gasteiger partial charge on any atom is -0.346 e. The molecule has 0 radical (unpaired) electrons. The number of alkyl halides is 11. The lowest BCUT2D eigenvalue weighted by Gasteiger charge is -2.35. The molecule has 0 aliphatic carbocycles. The van der Waals surface area contributed by atoms with Crippen molar-refractivity contribution in [2.24, 2.45) is 0 Å². The number of carbonyl (C=O) groups is 1. The van der Waals surface area contributed by atoms with Crippen LogP contribution < -0.4 is 5.32 Å². The normalized spacial score (nSPS) is 17.4. The number of hydrogen-bond acceptors (Lipinski definition) is 2. The van der Waals surface area contributed by atoms with E-state index in [1.54, 1.807) is 0 Å². The van der Waals surface area contributed by atoms with Gasteiger partial charge in [-0.15, -0.1) is 0 Å². The maximum Gasteiger partial charge on any atom is 0.462 e. The molecule has 0 aromatic rings. The van der Waals surface area contributed by atoms with Crippen molar-refractivity contribution >= 4 is 5.91 Å². The molecule has 0 bridgehead atoms. The van der Waals surface area contributed by atoms with Crippen LogP contribution in [0.3, 0.4) is 0 Å². The molecular weight excluding hydrogens is 375 g/mol. The Hall–Kier alpha value is -1.34. The molecular formula is C10H10F11NO2. The van der Waals surface area contributed by atoms with E-state index < -0.39 is 41.7 Å². The molecule has 1 atom stereocenters. The first kappa shape index (κ1) is 22.7. The van der Waals surface area contributed by atoms with Gasteiger partial charge in [0.1, 0.15) is 0 Å². The minimum atomic E-state index is -7.20. The monoisotopic (exact) mass is 385 g/mol. The first-order chi connectivity index (χ1) is 10.1. The summed E-state index contributed by atoms with van der Waals surface area (Å²) >= 11 is 0. The van der Waals surface area contributed by atoms with Crippen LogP contribution in [-0.4, -0.2) is 41.7 Å². The number of amides is 1. The van der Waals surface area contributed by atoms with E-state index in [2.05, 4.69) is 4.74 Å². The Balaban J connectivity index is 5.96. The first-order valence-corrected chi connectivity index (χ1v) is 5.69. The smallest absolute Gasteiger partial charge is 0.346 e. The fraction of sp³-hybridized carbons (Fsp3) is 0.900. The van der Waals surface area contributed by atoms with Crippen molar-refractivity contribution in [3.63, 3.8) is 0 Å². The Morgan fingerprint density at radius 1 is 0.750 bits per heavy atom. The summed E-state index contributed by atoms with van der Waals surface area (Å²) in [5.41, 5.74) is -1.69. The molecule has 0 unspecified atom stereocenters. The van der Waals surface area contributed by atoms with Gasteiger partial charge < -0.3 is 5.32 Å². The third-order valence-corrected chi connectivity index (χ3v) is 2.14. The van der Waals surface area contributed by atoms with Gasteiger partial charge in [0, 0.05) is 5.54 Å². The molecule has 0 rings (SSSR count). The lowest BCUT2D eigenvalue weighted by Crippen LogP contribution is -2.65. The van der Waals surface area contributed by atoms with Crippen molar-refractivity contribution in [1.29, 1.82) is 0 Å². The fourth-order valence-electron chi connectivity index (χ4n) is 1.06. The Morgan fingerprint density at radius 2 is 1.12 bits per heavy atom. The predicted octanol–water partition coefficient (Wildman–Crippen LogP) is 3.94. The van der Waals surface area contributed by atoms with E-state index in [9.17, 15) is 53.1 Å². The summed E-state index contributed by atoms with van der Waals surface area (Å²) in [6.45, 7) is 2.85. The predicted molar refractivity (Wildman–Crippen MR) is 54.8 cm³/mol.